The molecule has 1 atom stereocenters. The number of hydrogen-bond donors (Lipinski definition) is 1. The Labute approximate surface area is 78.0 Å². The van der Waals surface area contributed by atoms with Crippen molar-refractivity contribution in [1.82, 2.24) is 5.32 Å². The Morgan fingerprint density at radius 2 is 2.00 bits per heavy atom. The molecule has 1 fully saturated rings. The van der Waals surface area contributed by atoms with Crippen LogP contribution in [0.2, 0.25) is 0 Å². The van der Waals surface area contributed by atoms with Gasteiger partial charge in [0.2, 0.25) is 0 Å². The van der Waals surface area contributed by atoms with Crippen LogP contribution in [0.5, 0.6) is 0 Å². The van der Waals surface area contributed by atoms with Crippen LogP contribution in [0, 0.1) is 6.92 Å². The molecule has 13 heavy (non-hydrogen) atoms. The van der Waals surface area contributed by atoms with Gasteiger partial charge >= 0.3 is 0 Å². The van der Waals surface area contributed by atoms with Gasteiger partial charge in [-0.2, -0.15) is 0 Å². The quantitative estimate of drug-likeness (QED) is 0.702. The fourth-order valence-corrected chi connectivity index (χ4v) is 1.64. The number of nitrogens with one attached hydrogen (secondary N) is 1. The first kappa shape index (κ1) is 8.45. The van der Waals surface area contributed by atoms with Gasteiger partial charge in [-0.1, -0.05) is 29.8 Å². The maximum atomic E-state index is 11.0. The predicted molar refractivity (Wildman–Crippen MR) is 51.5 cm³/mol. The van der Waals surface area contributed by atoms with Gasteiger partial charge < -0.3 is 5.32 Å². The lowest BCUT2D eigenvalue weighted by molar-refractivity contribution is -0.116. The number of carbonyl (C=O) groups is 1. The van der Waals surface area contributed by atoms with Gasteiger partial charge in [-0.05, 0) is 12.5 Å². The molecular formula is C11H13NO. The van der Waals surface area contributed by atoms with Crippen molar-refractivity contribution in [2.24, 2.45) is 0 Å². The first-order chi connectivity index (χ1) is 6.25. The monoisotopic (exact) mass is 175 g/mol. The van der Waals surface area contributed by atoms with Crippen LogP contribution in [0.4, 0.5) is 0 Å². The average Bonchev–Trinajstić information content (AvgIpc) is 2.53. The highest BCUT2D eigenvalue weighted by Gasteiger charge is 2.22. The van der Waals surface area contributed by atoms with Crippen LogP contribution >= 0.6 is 0 Å². The van der Waals surface area contributed by atoms with E-state index in [1.165, 1.54) is 11.1 Å². The molecule has 0 spiro atoms. The Hall–Kier alpha value is -1.15. The van der Waals surface area contributed by atoms with Gasteiger partial charge in [-0.15, -0.1) is 0 Å². The molecule has 1 saturated heterocycles. The second kappa shape index (κ2) is 3.30. The molecule has 68 valence electrons. The van der Waals surface area contributed by atoms with Gasteiger partial charge in [0.25, 0.3) is 0 Å². The standard InChI is InChI=1S/C11H13NO/c1-8-2-4-9(5-3-8)11-6-10(13)7-12-11/h2-5,11-12H,6-7H2,1H3. The normalized spacial score (nSPS) is 22.2. The summed E-state index contributed by atoms with van der Waals surface area (Å²) in [5.41, 5.74) is 2.48. The van der Waals surface area contributed by atoms with Crippen molar-refractivity contribution in [2.45, 2.75) is 19.4 Å². The summed E-state index contributed by atoms with van der Waals surface area (Å²) >= 11 is 0. The van der Waals surface area contributed by atoms with Gasteiger partial charge in [-0.3, -0.25) is 4.79 Å². The molecule has 0 saturated carbocycles. The predicted octanol–water partition coefficient (Wildman–Crippen LogP) is 1.60. The van der Waals surface area contributed by atoms with Crippen LogP contribution in [0.1, 0.15) is 23.6 Å². The molecule has 1 aromatic carbocycles. The van der Waals surface area contributed by atoms with E-state index in [1.807, 2.05) is 0 Å². The molecular weight excluding hydrogens is 162 g/mol. The highest BCUT2D eigenvalue weighted by Crippen LogP contribution is 2.21. The number of Topliss-reactive ketones (excluding diaryl/α,β-unsaturated/α-hetero) is 1. The van der Waals surface area contributed by atoms with E-state index in [4.69, 9.17) is 0 Å². The van der Waals surface area contributed by atoms with Crippen LogP contribution in [0.3, 0.4) is 0 Å². The molecule has 1 unspecified atom stereocenters. The Morgan fingerprint density at radius 3 is 2.54 bits per heavy atom. The van der Waals surface area contributed by atoms with E-state index in [1.54, 1.807) is 0 Å². The molecule has 0 aliphatic carbocycles. The highest BCUT2D eigenvalue weighted by atomic mass is 16.1. The van der Waals surface area contributed by atoms with Crippen molar-refractivity contribution in [3.63, 3.8) is 0 Å². The topological polar surface area (TPSA) is 29.1 Å². The maximum Gasteiger partial charge on any atom is 0.148 e. The van der Waals surface area contributed by atoms with Gasteiger partial charge in [-0.25, -0.2) is 0 Å². The Bertz CT molecular complexity index is 315. The van der Waals surface area contributed by atoms with Gasteiger partial charge in [0.05, 0.1) is 6.54 Å². The molecule has 0 radical (unpaired) electrons. The fraction of sp³-hybridized carbons (Fsp3) is 0.364. The van der Waals surface area contributed by atoms with E-state index < -0.39 is 0 Å². The third-order valence-electron chi connectivity index (χ3n) is 2.46. The molecule has 0 aromatic heterocycles. The Morgan fingerprint density at radius 1 is 1.31 bits per heavy atom. The molecule has 2 rings (SSSR count). The van der Waals surface area contributed by atoms with Crippen molar-refractivity contribution in [3.8, 4) is 0 Å². The minimum atomic E-state index is 0.244. The van der Waals surface area contributed by atoms with E-state index >= 15 is 0 Å². The maximum absolute atomic E-state index is 11.0. The summed E-state index contributed by atoms with van der Waals surface area (Å²) in [5, 5.41) is 3.19. The lowest BCUT2D eigenvalue weighted by atomic mass is 10.0. The lowest BCUT2D eigenvalue weighted by Gasteiger charge is -2.09. The van der Waals surface area contributed by atoms with E-state index in [2.05, 4.69) is 36.5 Å². The second-order valence-electron chi connectivity index (χ2n) is 3.59. The Kier molecular flexibility index (Phi) is 2.15. The first-order valence-corrected chi connectivity index (χ1v) is 4.57. The number of ketones is 1. The second-order valence-corrected chi connectivity index (χ2v) is 3.59. The van der Waals surface area contributed by atoms with Crippen molar-refractivity contribution in [1.29, 1.82) is 0 Å². The van der Waals surface area contributed by atoms with Gasteiger partial charge in [0.15, 0.2) is 0 Å². The van der Waals surface area contributed by atoms with E-state index in [0.717, 1.165) is 0 Å². The minimum absolute atomic E-state index is 0.244. The van der Waals surface area contributed by atoms with Gasteiger partial charge in [0, 0.05) is 12.5 Å². The first-order valence-electron chi connectivity index (χ1n) is 4.57. The molecule has 0 amide bonds. The highest BCUT2D eigenvalue weighted by molar-refractivity contribution is 5.83. The van der Waals surface area contributed by atoms with E-state index in [0.29, 0.717) is 18.7 Å². The summed E-state index contributed by atoms with van der Waals surface area (Å²) in [6, 6.07) is 8.59. The average molecular weight is 175 g/mol. The SMILES string of the molecule is Cc1ccc(C2CC(=O)CN2)cc1. The smallest absolute Gasteiger partial charge is 0.148 e. The number of rotatable bonds is 1. The molecule has 0 bridgehead atoms. The molecule has 1 heterocycles. The fourth-order valence-electron chi connectivity index (χ4n) is 1.64. The molecule has 1 aliphatic heterocycles. The summed E-state index contributed by atoms with van der Waals surface area (Å²) in [6.45, 7) is 2.59. The molecule has 2 heteroatoms. The number of carbonyl (C=O) groups excluding carboxylic acids is 1. The largest absolute Gasteiger partial charge is 0.303 e. The van der Waals surface area contributed by atoms with Crippen molar-refractivity contribution in [3.05, 3.63) is 35.4 Å². The van der Waals surface area contributed by atoms with Crippen LogP contribution < -0.4 is 5.32 Å². The van der Waals surface area contributed by atoms with Crippen molar-refractivity contribution >= 4 is 5.78 Å². The molecule has 2 nitrogen and oxygen atoms in total. The summed E-state index contributed by atoms with van der Waals surface area (Å²) in [4.78, 5) is 11.0. The third-order valence-corrected chi connectivity index (χ3v) is 2.46. The number of aryl methyl sites for hydroxylation is 1. The van der Waals surface area contributed by atoms with E-state index in [9.17, 15) is 4.79 Å². The zero-order valence-electron chi connectivity index (χ0n) is 7.71. The summed E-state index contributed by atoms with van der Waals surface area (Å²) in [6.07, 6.45) is 0.642. The number of benzene rings is 1. The van der Waals surface area contributed by atoms with E-state index in [-0.39, 0.29) is 6.04 Å². The van der Waals surface area contributed by atoms with Crippen LogP contribution in [0.15, 0.2) is 24.3 Å². The van der Waals surface area contributed by atoms with Crippen LogP contribution in [0.25, 0.3) is 0 Å². The zero-order chi connectivity index (χ0) is 9.26. The van der Waals surface area contributed by atoms with Crippen molar-refractivity contribution < 1.29 is 4.79 Å². The summed E-state index contributed by atoms with van der Waals surface area (Å²) < 4.78 is 0. The molecule has 1 aliphatic rings. The third kappa shape index (κ3) is 1.78. The number of hydrogen-bond acceptors (Lipinski definition) is 2. The summed E-state index contributed by atoms with van der Waals surface area (Å²) in [7, 11) is 0. The van der Waals surface area contributed by atoms with Crippen LogP contribution in [-0.4, -0.2) is 12.3 Å². The van der Waals surface area contributed by atoms with Crippen molar-refractivity contribution in [2.75, 3.05) is 6.54 Å². The lowest BCUT2D eigenvalue weighted by Crippen LogP contribution is -2.13. The van der Waals surface area contributed by atoms with Gasteiger partial charge in [0.1, 0.15) is 5.78 Å². The summed E-state index contributed by atoms with van der Waals surface area (Å²) in [5.74, 6) is 0.311. The van der Waals surface area contributed by atoms with Crippen LogP contribution in [-0.2, 0) is 4.79 Å². The minimum Gasteiger partial charge on any atom is -0.303 e. The molecule has 1 aromatic rings. The molecule has 1 N–H and O–H groups in total. The zero-order valence-corrected chi connectivity index (χ0v) is 7.71. The Balaban J connectivity index is 2.17.